The van der Waals surface area contributed by atoms with Crippen molar-refractivity contribution in [1.29, 1.82) is 0 Å². The van der Waals surface area contributed by atoms with Crippen molar-refractivity contribution < 1.29 is 8.83 Å². The van der Waals surface area contributed by atoms with Crippen LogP contribution in [0, 0.1) is 0 Å². The minimum Gasteiger partial charge on any atom is -0.456 e. The first-order chi connectivity index (χ1) is 34.7. The minimum atomic E-state index is 0.839. The Morgan fingerprint density at radius 2 is 0.629 bits per heavy atom. The molecule has 0 saturated heterocycles. The van der Waals surface area contributed by atoms with E-state index >= 15 is 0 Å². The van der Waals surface area contributed by atoms with E-state index in [9.17, 15) is 0 Å². The fourth-order valence-corrected chi connectivity index (χ4v) is 11.3. The zero-order chi connectivity index (χ0) is 45.9. The van der Waals surface area contributed by atoms with Crippen LogP contribution in [0.2, 0.25) is 0 Å². The first-order valence-electron chi connectivity index (χ1n) is 23.9. The van der Waals surface area contributed by atoms with E-state index in [2.05, 4.69) is 252 Å². The normalized spacial score (nSPS) is 12.0. The molecule has 0 N–H and O–H groups in total. The predicted octanol–water partition coefficient (Wildman–Crippen LogP) is 19.3. The quantitative estimate of drug-likeness (QED) is 0.156. The van der Waals surface area contributed by atoms with Crippen molar-refractivity contribution in [2.45, 2.75) is 0 Å². The Kier molecular flexibility index (Phi) is 8.33. The van der Waals surface area contributed by atoms with Crippen LogP contribution in [0.5, 0.6) is 0 Å². The molecule has 15 rings (SSSR count). The molecule has 4 heteroatoms. The minimum absolute atomic E-state index is 0.839. The molecule has 0 unspecified atom stereocenters. The second kappa shape index (κ2) is 15.1. The summed E-state index contributed by atoms with van der Waals surface area (Å²) in [6.45, 7) is 0. The summed E-state index contributed by atoms with van der Waals surface area (Å²) in [6, 6.07) is 87.5. The molecule has 15 aromatic rings. The van der Waals surface area contributed by atoms with Gasteiger partial charge in [-0.05, 0) is 151 Å². The first-order valence-corrected chi connectivity index (χ1v) is 23.9. The number of nitrogens with zero attached hydrogens (tertiary/aromatic N) is 2. The third kappa shape index (κ3) is 5.90. The van der Waals surface area contributed by atoms with E-state index in [1.54, 1.807) is 0 Å². The van der Waals surface area contributed by atoms with E-state index in [1.807, 2.05) is 0 Å². The van der Waals surface area contributed by atoms with Gasteiger partial charge in [-0.2, -0.15) is 0 Å². The molecule has 0 saturated carbocycles. The van der Waals surface area contributed by atoms with Gasteiger partial charge in [0.1, 0.15) is 22.3 Å². The summed E-state index contributed by atoms with van der Waals surface area (Å²) in [5, 5.41) is 18.6. The predicted molar refractivity (Wildman–Crippen MR) is 295 cm³/mol. The van der Waals surface area contributed by atoms with E-state index in [-0.39, 0.29) is 0 Å². The number of para-hydroxylation sites is 2. The summed E-state index contributed by atoms with van der Waals surface area (Å²) in [7, 11) is 0. The van der Waals surface area contributed by atoms with Gasteiger partial charge in [0.25, 0.3) is 0 Å². The number of benzene rings is 13. The molecule has 0 bridgehead atoms. The molecule has 0 radical (unpaired) electrons. The van der Waals surface area contributed by atoms with Gasteiger partial charge < -0.3 is 18.6 Å². The van der Waals surface area contributed by atoms with Gasteiger partial charge >= 0.3 is 0 Å². The average molecular weight is 893 g/mol. The fourth-order valence-electron chi connectivity index (χ4n) is 11.3. The van der Waals surface area contributed by atoms with Gasteiger partial charge in [-0.1, -0.05) is 146 Å². The molecule has 0 aliphatic rings. The summed E-state index contributed by atoms with van der Waals surface area (Å²) < 4.78 is 13.5. The first kappa shape index (κ1) is 38.7. The summed E-state index contributed by atoms with van der Waals surface area (Å²) in [5.41, 5.74) is 9.96. The van der Waals surface area contributed by atoms with Gasteiger partial charge in [0.15, 0.2) is 0 Å². The Labute approximate surface area is 402 Å². The molecule has 70 heavy (non-hydrogen) atoms. The van der Waals surface area contributed by atoms with Gasteiger partial charge in [0.05, 0.1) is 11.4 Å². The largest absolute Gasteiger partial charge is 0.456 e. The molecule has 2 heterocycles. The molecule has 0 atom stereocenters. The van der Waals surface area contributed by atoms with Crippen molar-refractivity contribution in [1.82, 2.24) is 0 Å². The number of rotatable bonds is 6. The molecule has 0 aliphatic carbocycles. The third-order valence-electron chi connectivity index (χ3n) is 14.5. The van der Waals surface area contributed by atoms with Crippen LogP contribution >= 0.6 is 0 Å². The van der Waals surface area contributed by atoms with Crippen LogP contribution in [0.1, 0.15) is 0 Å². The lowest BCUT2D eigenvalue weighted by atomic mass is 9.99. The second-order valence-electron chi connectivity index (χ2n) is 18.4. The smallest absolute Gasteiger partial charge is 0.136 e. The Balaban J connectivity index is 0.863. The molecule has 0 aliphatic heterocycles. The van der Waals surface area contributed by atoms with E-state index in [4.69, 9.17) is 8.83 Å². The van der Waals surface area contributed by atoms with Crippen LogP contribution in [0.3, 0.4) is 0 Å². The number of hydrogen-bond acceptors (Lipinski definition) is 4. The van der Waals surface area contributed by atoms with Crippen molar-refractivity contribution in [3.8, 4) is 0 Å². The molecule has 0 spiro atoms. The Hall–Kier alpha value is -9.38. The van der Waals surface area contributed by atoms with Gasteiger partial charge in [-0.15, -0.1) is 0 Å². The van der Waals surface area contributed by atoms with Crippen LogP contribution < -0.4 is 9.80 Å². The highest BCUT2D eigenvalue weighted by molar-refractivity contribution is 6.28. The lowest BCUT2D eigenvalue weighted by Crippen LogP contribution is -2.10. The Bertz CT molecular complexity index is 4310. The van der Waals surface area contributed by atoms with Gasteiger partial charge in [-0.3, -0.25) is 0 Å². The zero-order valence-corrected chi connectivity index (χ0v) is 37.8. The second-order valence-corrected chi connectivity index (χ2v) is 18.4. The van der Waals surface area contributed by atoms with Crippen molar-refractivity contribution in [2.75, 3.05) is 9.80 Å². The van der Waals surface area contributed by atoms with E-state index in [0.717, 1.165) is 99.5 Å². The van der Waals surface area contributed by atoms with Gasteiger partial charge in [0, 0.05) is 55.1 Å². The van der Waals surface area contributed by atoms with Crippen molar-refractivity contribution >= 4 is 143 Å². The topological polar surface area (TPSA) is 32.8 Å². The maximum absolute atomic E-state index is 6.76. The SMILES string of the molecule is c1ccc(N(c2ccc3cc4c(cc3c2)oc2ccc3oc5cc6cc(N(c7ccccc7)c7cccc8c7ccc7ccccc78)ccc6cc5c3c24)c2cccc3c2ccc2ccccc23)cc1. The van der Waals surface area contributed by atoms with Gasteiger partial charge in [-0.25, -0.2) is 0 Å². The van der Waals surface area contributed by atoms with Gasteiger partial charge in [0.2, 0.25) is 0 Å². The molecule has 0 fully saturated rings. The molecule has 326 valence electrons. The highest BCUT2D eigenvalue weighted by Crippen LogP contribution is 2.46. The van der Waals surface area contributed by atoms with Crippen molar-refractivity contribution in [2.24, 2.45) is 0 Å². The maximum atomic E-state index is 6.76. The molecule has 0 amide bonds. The van der Waals surface area contributed by atoms with Crippen LogP contribution in [-0.4, -0.2) is 0 Å². The van der Waals surface area contributed by atoms with Crippen LogP contribution in [0.15, 0.2) is 251 Å². The monoisotopic (exact) mass is 892 g/mol. The zero-order valence-electron chi connectivity index (χ0n) is 37.8. The highest BCUT2D eigenvalue weighted by Gasteiger charge is 2.22. The number of hydrogen-bond donors (Lipinski definition) is 0. The lowest BCUT2D eigenvalue weighted by molar-refractivity contribution is 0.663. The maximum Gasteiger partial charge on any atom is 0.136 e. The standard InChI is InChI=1S/C66H40N2O2/c1-3-15-47(16-4-1)67(59-23-11-21-53-51-19-9-7-13-41(51)27-31-55(53)59)49-29-25-43-37-57-63(39-45(43)35-49)69-61-33-34-62-66(65(57)61)58-38-44-26-30-50(36-46(44)40-64(58)70-62)68(48-17-5-2-6-18-48)60-24-12-22-54-52-20-10-8-14-42(52)28-32-56(54)60/h1-40H. The van der Waals surface area contributed by atoms with Crippen molar-refractivity contribution in [3.05, 3.63) is 243 Å². The lowest BCUT2D eigenvalue weighted by Gasteiger charge is -2.27. The molecule has 2 aromatic heterocycles. The molecule has 13 aromatic carbocycles. The van der Waals surface area contributed by atoms with E-state index < -0.39 is 0 Å². The molecular weight excluding hydrogens is 853 g/mol. The van der Waals surface area contributed by atoms with Crippen LogP contribution in [-0.2, 0) is 0 Å². The summed E-state index contributed by atoms with van der Waals surface area (Å²) in [5.74, 6) is 0. The third-order valence-corrected chi connectivity index (χ3v) is 14.5. The number of furan rings is 2. The fraction of sp³-hybridized carbons (Fsp3) is 0. The van der Waals surface area contributed by atoms with E-state index in [0.29, 0.717) is 0 Å². The number of anilines is 6. The summed E-state index contributed by atoms with van der Waals surface area (Å²) >= 11 is 0. The Morgan fingerprint density at radius 3 is 1.10 bits per heavy atom. The van der Waals surface area contributed by atoms with E-state index in [1.165, 1.54) is 43.1 Å². The van der Waals surface area contributed by atoms with Crippen LogP contribution in [0.4, 0.5) is 34.1 Å². The Morgan fingerprint density at radius 1 is 0.214 bits per heavy atom. The van der Waals surface area contributed by atoms with Crippen molar-refractivity contribution in [3.63, 3.8) is 0 Å². The molecule has 4 nitrogen and oxygen atoms in total. The number of fused-ring (bicyclic) bond motifs is 15. The average Bonchev–Trinajstić information content (AvgIpc) is 3.97. The highest BCUT2D eigenvalue weighted by atomic mass is 16.3. The molecular formula is C66H40N2O2. The summed E-state index contributed by atoms with van der Waals surface area (Å²) in [4.78, 5) is 4.75. The summed E-state index contributed by atoms with van der Waals surface area (Å²) in [6.07, 6.45) is 0. The van der Waals surface area contributed by atoms with Crippen LogP contribution in [0.25, 0.3) is 109 Å².